The average molecular weight is 550 g/mol. The molecular formula is C27H25F2N7O2S. The quantitative estimate of drug-likeness (QED) is 0.404. The zero-order valence-electron chi connectivity index (χ0n) is 21.2. The van der Waals surface area contributed by atoms with Crippen LogP contribution in [0, 0.1) is 23.0 Å². The van der Waals surface area contributed by atoms with Crippen LogP contribution in [-0.2, 0) is 22.7 Å². The minimum atomic E-state index is -0.606. The Morgan fingerprint density at radius 2 is 1.92 bits per heavy atom. The number of thiophene rings is 1. The van der Waals surface area contributed by atoms with E-state index in [1.165, 1.54) is 0 Å². The SMILES string of the molecule is COC1CN(C2CCN(c3ncc4c5c(c(-c6ncc(F)c7sc(N)c(C#N)c67)c(F)c4n3)COC5)CC2)C1. The van der Waals surface area contributed by atoms with Crippen molar-refractivity contribution in [2.75, 3.05) is 43.9 Å². The fourth-order valence-electron chi connectivity index (χ4n) is 6.04. The van der Waals surface area contributed by atoms with Crippen LogP contribution in [0.2, 0.25) is 0 Å². The summed E-state index contributed by atoms with van der Waals surface area (Å²) in [6.45, 7) is 3.90. The van der Waals surface area contributed by atoms with Gasteiger partial charge in [-0.1, -0.05) is 0 Å². The van der Waals surface area contributed by atoms with Crippen molar-refractivity contribution in [1.82, 2.24) is 19.9 Å². The molecule has 2 N–H and O–H groups in total. The zero-order valence-corrected chi connectivity index (χ0v) is 22.0. The Morgan fingerprint density at radius 3 is 2.67 bits per heavy atom. The molecule has 3 aliphatic heterocycles. The molecule has 2 fully saturated rings. The van der Waals surface area contributed by atoms with Crippen molar-refractivity contribution >= 4 is 43.3 Å². The normalized spacial score (nSPS) is 18.6. The second-order valence-electron chi connectivity index (χ2n) is 10.2. The van der Waals surface area contributed by atoms with Gasteiger partial charge < -0.3 is 20.1 Å². The van der Waals surface area contributed by atoms with Crippen molar-refractivity contribution in [3.05, 3.63) is 40.7 Å². The van der Waals surface area contributed by atoms with Gasteiger partial charge in [0.2, 0.25) is 5.95 Å². The van der Waals surface area contributed by atoms with Crippen molar-refractivity contribution in [3.8, 4) is 17.3 Å². The number of nitrogens with two attached hydrogens (primary N) is 1. The van der Waals surface area contributed by atoms with E-state index < -0.39 is 11.6 Å². The number of hydrogen-bond donors (Lipinski definition) is 1. The summed E-state index contributed by atoms with van der Waals surface area (Å²) in [6.07, 6.45) is 4.97. The van der Waals surface area contributed by atoms with Crippen molar-refractivity contribution in [1.29, 1.82) is 5.26 Å². The number of fused-ring (bicyclic) bond motifs is 4. The minimum absolute atomic E-state index is 0.0921. The average Bonchev–Trinajstić information content (AvgIpc) is 3.54. The van der Waals surface area contributed by atoms with E-state index in [9.17, 15) is 9.65 Å². The van der Waals surface area contributed by atoms with Crippen LogP contribution < -0.4 is 10.6 Å². The number of hydrogen-bond acceptors (Lipinski definition) is 10. The van der Waals surface area contributed by atoms with E-state index in [-0.39, 0.29) is 50.6 Å². The fraction of sp³-hybridized carbons (Fsp3) is 0.407. The molecule has 7 rings (SSSR count). The molecule has 0 aliphatic carbocycles. The molecule has 200 valence electrons. The fourth-order valence-corrected chi connectivity index (χ4v) is 6.96. The number of ether oxygens (including phenoxy) is 2. The van der Waals surface area contributed by atoms with Crippen LogP contribution in [0.15, 0.2) is 12.4 Å². The molecule has 3 aromatic heterocycles. The lowest BCUT2D eigenvalue weighted by Crippen LogP contribution is -2.58. The van der Waals surface area contributed by atoms with Crippen LogP contribution in [0.3, 0.4) is 0 Å². The molecule has 2 saturated heterocycles. The molecule has 0 unspecified atom stereocenters. The van der Waals surface area contributed by atoms with Gasteiger partial charge in [-0.2, -0.15) is 5.26 Å². The van der Waals surface area contributed by atoms with Crippen LogP contribution in [0.25, 0.3) is 32.2 Å². The Hall–Kier alpha value is -3.50. The first-order valence-electron chi connectivity index (χ1n) is 12.8. The third-order valence-corrected chi connectivity index (χ3v) is 9.23. The Bertz CT molecular complexity index is 1670. The van der Waals surface area contributed by atoms with Crippen LogP contribution >= 0.6 is 11.3 Å². The van der Waals surface area contributed by atoms with Crippen molar-refractivity contribution < 1.29 is 18.3 Å². The smallest absolute Gasteiger partial charge is 0.225 e. The third-order valence-electron chi connectivity index (χ3n) is 8.21. The van der Waals surface area contributed by atoms with E-state index in [0.717, 1.165) is 62.1 Å². The summed E-state index contributed by atoms with van der Waals surface area (Å²) in [5.41, 5.74) is 8.00. The molecule has 0 atom stereocenters. The van der Waals surface area contributed by atoms with Crippen molar-refractivity contribution in [2.45, 2.75) is 38.2 Å². The topological polar surface area (TPSA) is 113 Å². The number of rotatable bonds is 4. The van der Waals surface area contributed by atoms with Gasteiger partial charge >= 0.3 is 0 Å². The summed E-state index contributed by atoms with van der Waals surface area (Å²) in [5.74, 6) is -0.726. The second-order valence-corrected chi connectivity index (χ2v) is 11.3. The first-order chi connectivity index (χ1) is 19.0. The maximum absolute atomic E-state index is 16.5. The maximum Gasteiger partial charge on any atom is 0.225 e. The maximum atomic E-state index is 16.5. The van der Waals surface area contributed by atoms with Gasteiger partial charge in [-0.05, 0) is 24.0 Å². The number of nitrogen functional groups attached to an aromatic ring is 1. The molecule has 4 aromatic rings. The number of pyridine rings is 1. The molecule has 3 aliphatic rings. The number of methoxy groups -OCH3 is 1. The van der Waals surface area contributed by atoms with Gasteiger partial charge in [0.1, 0.15) is 16.6 Å². The number of aromatic nitrogens is 3. The Morgan fingerprint density at radius 1 is 1.15 bits per heavy atom. The molecule has 0 amide bonds. The van der Waals surface area contributed by atoms with Gasteiger partial charge in [0, 0.05) is 61.9 Å². The second kappa shape index (κ2) is 9.31. The molecule has 0 radical (unpaired) electrons. The molecule has 6 heterocycles. The first kappa shape index (κ1) is 24.5. The van der Waals surface area contributed by atoms with E-state index in [1.54, 1.807) is 13.3 Å². The van der Waals surface area contributed by atoms with E-state index in [0.29, 0.717) is 29.0 Å². The van der Waals surface area contributed by atoms with Crippen molar-refractivity contribution in [2.24, 2.45) is 0 Å². The van der Waals surface area contributed by atoms with E-state index in [4.69, 9.17) is 20.2 Å². The number of benzene rings is 1. The third kappa shape index (κ3) is 3.76. The van der Waals surface area contributed by atoms with Crippen LogP contribution in [-0.4, -0.2) is 65.3 Å². The molecule has 0 spiro atoms. The summed E-state index contributed by atoms with van der Waals surface area (Å²) in [7, 11) is 1.75. The zero-order chi connectivity index (χ0) is 26.8. The number of piperidine rings is 1. The number of halogens is 2. The molecule has 1 aromatic carbocycles. The van der Waals surface area contributed by atoms with Gasteiger partial charge in [0.25, 0.3) is 0 Å². The highest BCUT2D eigenvalue weighted by Gasteiger charge is 2.35. The van der Waals surface area contributed by atoms with Gasteiger partial charge in [-0.3, -0.25) is 9.88 Å². The number of nitriles is 1. The largest absolute Gasteiger partial charge is 0.389 e. The summed E-state index contributed by atoms with van der Waals surface area (Å²) in [4.78, 5) is 18.1. The Kier molecular flexibility index (Phi) is 5.85. The highest BCUT2D eigenvalue weighted by molar-refractivity contribution is 7.23. The molecule has 0 saturated carbocycles. The predicted molar refractivity (Wildman–Crippen MR) is 143 cm³/mol. The van der Waals surface area contributed by atoms with Crippen LogP contribution in [0.4, 0.5) is 19.7 Å². The van der Waals surface area contributed by atoms with E-state index in [2.05, 4.69) is 19.8 Å². The molecule has 0 bridgehead atoms. The number of nitrogens with zero attached hydrogens (tertiary/aromatic N) is 6. The first-order valence-corrected chi connectivity index (χ1v) is 13.7. The van der Waals surface area contributed by atoms with Gasteiger partial charge in [0.15, 0.2) is 11.6 Å². The van der Waals surface area contributed by atoms with Gasteiger partial charge in [0.05, 0.1) is 41.5 Å². The summed E-state index contributed by atoms with van der Waals surface area (Å²) in [5, 5.41) is 10.7. The Balaban J connectivity index is 1.31. The van der Waals surface area contributed by atoms with E-state index in [1.807, 2.05) is 6.07 Å². The Labute approximate surface area is 226 Å². The minimum Gasteiger partial charge on any atom is -0.389 e. The lowest BCUT2D eigenvalue weighted by molar-refractivity contribution is -0.0547. The van der Waals surface area contributed by atoms with Crippen LogP contribution in [0.5, 0.6) is 0 Å². The predicted octanol–water partition coefficient (Wildman–Crippen LogP) is 3.97. The highest BCUT2D eigenvalue weighted by atomic mass is 32.1. The molecule has 39 heavy (non-hydrogen) atoms. The molecule has 12 heteroatoms. The summed E-state index contributed by atoms with van der Waals surface area (Å²) in [6, 6.07) is 2.54. The van der Waals surface area contributed by atoms with Crippen LogP contribution in [0.1, 0.15) is 29.5 Å². The summed E-state index contributed by atoms with van der Waals surface area (Å²) >= 11 is 0.956. The number of likely N-dealkylation sites (tertiary alicyclic amines) is 1. The van der Waals surface area contributed by atoms with Gasteiger partial charge in [-0.15, -0.1) is 11.3 Å². The van der Waals surface area contributed by atoms with Crippen molar-refractivity contribution in [3.63, 3.8) is 0 Å². The monoisotopic (exact) mass is 549 g/mol. The lowest BCUT2D eigenvalue weighted by Gasteiger charge is -2.46. The van der Waals surface area contributed by atoms with E-state index >= 15 is 4.39 Å². The molecular weight excluding hydrogens is 524 g/mol. The number of anilines is 2. The molecule has 9 nitrogen and oxygen atoms in total. The lowest BCUT2D eigenvalue weighted by atomic mass is 9.94. The van der Waals surface area contributed by atoms with Gasteiger partial charge in [-0.25, -0.2) is 18.7 Å². The highest BCUT2D eigenvalue weighted by Crippen LogP contribution is 2.45. The standard InChI is InChI=1S/C27H25F2N7O2S/c1-37-14-9-36(10-14)13-2-4-35(5-3-13)27-33-7-16-17-11-38-12-18(17)20(22(29)23(16)34-27)24-21-15(6-30)26(31)39-25(21)19(28)8-32-24/h7-8,13-14H,2-5,9-12,31H2,1H3. The summed E-state index contributed by atoms with van der Waals surface area (Å²) < 4.78 is 42.5.